The van der Waals surface area contributed by atoms with Crippen molar-refractivity contribution in [2.24, 2.45) is 0 Å². The van der Waals surface area contributed by atoms with Crippen LogP contribution < -0.4 is 5.32 Å². The van der Waals surface area contributed by atoms with Crippen LogP contribution in [0.25, 0.3) is 0 Å². The van der Waals surface area contributed by atoms with Gasteiger partial charge in [0.2, 0.25) is 0 Å². The summed E-state index contributed by atoms with van der Waals surface area (Å²) in [6.07, 6.45) is 4.95. The van der Waals surface area contributed by atoms with Crippen LogP contribution in [0, 0.1) is 0 Å². The van der Waals surface area contributed by atoms with Crippen molar-refractivity contribution in [3.05, 3.63) is 18.0 Å². The van der Waals surface area contributed by atoms with E-state index in [4.69, 9.17) is 4.74 Å². The lowest BCUT2D eigenvalue weighted by molar-refractivity contribution is 0.0431. The number of nitrogens with zero attached hydrogens (tertiary/aromatic N) is 2. The molecule has 1 fully saturated rings. The summed E-state index contributed by atoms with van der Waals surface area (Å²) in [5.41, 5.74) is 1.24. The third-order valence-corrected chi connectivity index (χ3v) is 3.06. The predicted octanol–water partition coefficient (Wildman–Crippen LogP) is 1.56. The zero-order chi connectivity index (χ0) is 11.4. The molecule has 1 aliphatic heterocycles. The Labute approximate surface area is 97.0 Å². The highest BCUT2D eigenvalue weighted by molar-refractivity contribution is 5.00. The summed E-state index contributed by atoms with van der Waals surface area (Å²) in [7, 11) is 0. The van der Waals surface area contributed by atoms with Gasteiger partial charge >= 0.3 is 0 Å². The molecule has 16 heavy (non-hydrogen) atoms. The second kappa shape index (κ2) is 5.46. The largest absolute Gasteiger partial charge is 0.373 e. The van der Waals surface area contributed by atoms with Gasteiger partial charge in [0.15, 0.2) is 0 Å². The van der Waals surface area contributed by atoms with E-state index in [1.165, 1.54) is 12.1 Å². The van der Waals surface area contributed by atoms with Gasteiger partial charge in [0.1, 0.15) is 0 Å². The molecule has 1 aromatic rings. The fraction of sp³-hybridized carbons (Fsp3) is 0.750. The SMILES string of the molecule is CCNCc1ccnn1CC1CCC(C)O1. The van der Waals surface area contributed by atoms with Gasteiger partial charge in [0.25, 0.3) is 0 Å². The van der Waals surface area contributed by atoms with Gasteiger partial charge in [-0.2, -0.15) is 5.10 Å². The average Bonchev–Trinajstić information content (AvgIpc) is 2.86. The summed E-state index contributed by atoms with van der Waals surface area (Å²) < 4.78 is 7.87. The summed E-state index contributed by atoms with van der Waals surface area (Å²) in [5.74, 6) is 0. The third kappa shape index (κ3) is 2.83. The highest BCUT2D eigenvalue weighted by Gasteiger charge is 2.22. The van der Waals surface area contributed by atoms with Crippen molar-refractivity contribution < 1.29 is 4.74 Å². The lowest BCUT2D eigenvalue weighted by atomic mass is 10.2. The van der Waals surface area contributed by atoms with Crippen LogP contribution in [0.3, 0.4) is 0 Å². The molecule has 1 aliphatic rings. The molecule has 2 unspecified atom stereocenters. The Bertz CT molecular complexity index is 324. The highest BCUT2D eigenvalue weighted by atomic mass is 16.5. The summed E-state index contributed by atoms with van der Waals surface area (Å²) in [6.45, 7) is 7.02. The quantitative estimate of drug-likeness (QED) is 0.823. The molecule has 4 nitrogen and oxygen atoms in total. The van der Waals surface area contributed by atoms with E-state index in [0.29, 0.717) is 12.2 Å². The normalized spacial score (nSPS) is 25.1. The number of nitrogens with one attached hydrogen (secondary N) is 1. The van der Waals surface area contributed by atoms with E-state index >= 15 is 0 Å². The molecule has 0 bridgehead atoms. The second-order valence-corrected chi connectivity index (χ2v) is 4.43. The molecular formula is C12H21N3O. The summed E-state index contributed by atoms with van der Waals surface area (Å²) in [5, 5.41) is 7.68. The van der Waals surface area contributed by atoms with Crippen molar-refractivity contribution in [1.82, 2.24) is 15.1 Å². The van der Waals surface area contributed by atoms with E-state index in [0.717, 1.165) is 26.1 Å². The first-order chi connectivity index (χ1) is 7.79. The van der Waals surface area contributed by atoms with E-state index in [-0.39, 0.29) is 0 Å². The van der Waals surface area contributed by atoms with Crippen molar-refractivity contribution >= 4 is 0 Å². The average molecular weight is 223 g/mol. The Hall–Kier alpha value is -0.870. The van der Waals surface area contributed by atoms with Crippen LogP contribution in [0.1, 0.15) is 32.4 Å². The molecule has 2 atom stereocenters. The van der Waals surface area contributed by atoms with Gasteiger partial charge in [-0.1, -0.05) is 6.92 Å². The minimum absolute atomic E-state index is 0.343. The zero-order valence-electron chi connectivity index (χ0n) is 10.1. The second-order valence-electron chi connectivity index (χ2n) is 4.43. The molecule has 1 N–H and O–H groups in total. The van der Waals surface area contributed by atoms with Crippen molar-refractivity contribution in [3.8, 4) is 0 Å². The van der Waals surface area contributed by atoms with Gasteiger partial charge in [0.05, 0.1) is 24.4 Å². The monoisotopic (exact) mass is 223 g/mol. The summed E-state index contributed by atoms with van der Waals surface area (Å²) >= 11 is 0. The predicted molar refractivity (Wildman–Crippen MR) is 63.2 cm³/mol. The molecular weight excluding hydrogens is 202 g/mol. The van der Waals surface area contributed by atoms with Gasteiger partial charge in [0, 0.05) is 12.7 Å². The van der Waals surface area contributed by atoms with Gasteiger partial charge in [-0.05, 0) is 32.4 Å². The van der Waals surface area contributed by atoms with Crippen LogP contribution in [0.2, 0.25) is 0 Å². The molecule has 0 amide bonds. The first kappa shape index (κ1) is 11.6. The van der Waals surface area contributed by atoms with Crippen LogP contribution in [0.5, 0.6) is 0 Å². The molecule has 2 rings (SSSR count). The van der Waals surface area contributed by atoms with Gasteiger partial charge in [-0.25, -0.2) is 0 Å². The molecule has 1 aromatic heterocycles. The smallest absolute Gasteiger partial charge is 0.0775 e. The summed E-state index contributed by atoms with van der Waals surface area (Å²) in [4.78, 5) is 0. The maximum Gasteiger partial charge on any atom is 0.0775 e. The van der Waals surface area contributed by atoms with E-state index < -0.39 is 0 Å². The molecule has 0 saturated carbocycles. The fourth-order valence-corrected chi connectivity index (χ4v) is 2.14. The topological polar surface area (TPSA) is 39.1 Å². The van der Waals surface area contributed by atoms with Crippen molar-refractivity contribution in [2.45, 2.75) is 52.0 Å². The van der Waals surface area contributed by atoms with E-state index in [9.17, 15) is 0 Å². The maximum atomic E-state index is 5.81. The number of hydrogen-bond acceptors (Lipinski definition) is 3. The minimum atomic E-state index is 0.343. The first-order valence-corrected chi connectivity index (χ1v) is 6.16. The Morgan fingerprint density at radius 3 is 3.12 bits per heavy atom. The number of aromatic nitrogens is 2. The Balaban J connectivity index is 1.90. The van der Waals surface area contributed by atoms with E-state index in [2.05, 4.69) is 35.0 Å². The molecule has 4 heteroatoms. The van der Waals surface area contributed by atoms with Crippen LogP contribution in [0.4, 0.5) is 0 Å². The molecule has 90 valence electrons. The Morgan fingerprint density at radius 1 is 1.56 bits per heavy atom. The van der Waals surface area contributed by atoms with Crippen molar-refractivity contribution in [3.63, 3.8) is 0 Å². The molecule has 1 saturated heterocycles. The molecule has 0 spiro atoms. The lowest BCUT2D eigenvalue weighted by Gasteiger charge is -2.13. The maximum absolute atomic E-state index is 5.81. The highest BCUT2D eigenvalue weighted by Crippen LogP contribution is 2.20. The molecule has 2 heterocycles. The van der Waals surface area contributed by atoms with Gasteiger partial charge in [-0.15, -0.1) is 0 Å². The number of rotatable bonds is 5. The van der Waals surface area contributed by atoms with Gasteiger partial charge < -0.3 is 10.1 Å². The van der Waals surface area contributed by atoms with Gasteiger partial charge in [-0.3, -0.25) is 4.68 Å². The van der Waals surface area contributed by atoms with Crippen molar-refractivity contribution in [2.75, 3.05) is 6.54 Å². The fourth-order valence-electron chi connectivity index (χ4n) is 2.14. The van der Waals surface area contributed by atoms with E-state index in [1.807, 2.05) is 6.20 Å². The standard InChI is InChI=1S/C12H21N3O/c1-3-13-8-11-6-7-14-15(11)9-12-5-4-10(2)16-12/h6-7,10,12-13H,3-5,8-9H2,1-2H3. The lowest BCUT2D eigenvalue weighted by Crippen LogP contribution is -2.22. The van der Waals surface area contributed by atoms with Crippen LogP contribution in [0.15, 0.2) is 12.3 Å². The number of hydrogen-bond donors (Lipinski definition) is 1. The van der Waals surface area contributed by atoms with Crippen LogP contribution in [-0.2, 0) is 17.8 Å². The molecule has 0 aliphatic carbocycles. The third-order valence-electron chi connectivity index (χ3n) is 3.06. The Morgan fingerprint density at radius 2 is 2.44 bits per heavy atom. The number of ether oxygens (including phenoxy) is 1. The minimum Gasteiger partial charge on any atom is -0.373 e. The summed E-state index contributed by atoms with van der Waals surface area (Å²) in [6, 6.07) is 2.07. The van der Waals surface area contributed by atoms with Crippen molar-refractivity contribution in [1.29, 1.82) is 0 Å². The molecule has 0 aromatic carbocycles. The van der Waals surface area contributed by atoms with Crippen LogP contribution in [-0.4, -0.2) is 28.5 Å². The zero-order valence-corrected chi connectivity index (χ0v) is 10.1. The Kier molecular flexibility index (Phi) is 3.96. The molecule has 0 radical (unpaired) electrons. The first-order valence-electron chi connectivity index (χ1n) is 6.16. The van der Waals surface area contributed by atoms with E-state index in [1.54, 1.807) is 0 Å². The van der Waals surface area contributed by atoms with Crippen LogP contribution >= 0.6 is 0 Å².